The Balaban J connectivity index is 1.46. The quantitative estimate of drug-likeness (QED) is 0.389. The second-order valence-corrected chi connectivity index (χ2v) is 8.64. The summed E-state index contributed by atoms with van der Waals surface area (Å²) in [5.41, 5.74) is 3.45. The van der Waals surface area contributed by atoms with Gasteiger partial charge >= 0.3 is 0 Å². The van der Waals surface area contributed by atoms with Gasteiger partial charge in [-0.3, -0.25) is 14.3 Å². The van der Waals surface area contributed by atoms with E-state index in [1.807, 2.05) is 29.0 Å². The number of hydrogen-bond donors (Lipinski definition) is 0. The third-order valence-corrected chi connectivity index (χ3v) is 5.94. The van der Waals surface area contributed by atoms with E-state index in [1.165, 1.54) is 10.7 Å². The van der Waals surface area contributed by atoms with Crippen LogP contribution in [0.2, 0.25) is 10.2 Å². The number of pyridine rings is 2. The fourth-order valence-corrected chi connectivity index (χ4v) is 4.16. The maximum absolute atomic E-state index is 13.1. The highest BCUT2D eigenvalue weighted by Gasteiger charge is 2.20. The Bertz CT molecular complexity index is 1480. The highest BCUT2D eigenvalue weighted by Crippen LogP contribution is 2.35. The average molecular weight is 511 g/mol. The number of rotatable bonds is 6. The van der Waals surface area contributed by atoms with Crippen LogP contribution in [0.1, 0.15) is 5.69 Å². The highest BCUT2D eigenvalue weighted by molar-refractivity contribution is 6.31. The van der Waals surface area contributed by atoms with Crippen molar-refractivity contribution < 1.29 is 4.74 Å². The Morgan fingerprint density at radius 2 is 1.94 bits per heavy atom. The first kappa shape index (κ1) is 22.9. The lowest BCUT2D eigenvalue weighted by molar-refractivity contribution is 0.354. The molecule has 1 aliphatic rings. The SMILES string of the molecule is COc1cn(CN2C=NN(c3cccnc3C)C2)c(=O)cc1-c1cc(Cl)ccc1-n1cc(Cl)nn1. The normalized spacial score (nSPS) is 13.0. The molecule has 0 unspecified atom stereocenters. The first-order valence-corrected chi connectivity index (χ1v) is 11.3. The molecule has 0 radical (unpaired) electrons. The van der Waals surface area contributed by atoms with Crippen molar-refractivity contribution in [3.63, 3.8) is 0 Å². The van der Waals surface area contributed by atoms with Crippen molar-refractivity contribution >= 4 is 35.2 Å². The van der Waals surface area contributed by atoms with Crippen molar-refractivity contribution in [3.05, 3.63) is 81.2 Å². The van der Waals surface area contributed by atoms with Gasteiger partial charge in [-0.05, 0) is 37.3 Å². The second kappa shape index (κ2) is 9.40. The van der Waals surface area contributed by atoms with Crippen LogP contribution in [0.25, 0.3) is 16.8 Å². The molecular formula is C23H20Cl2N8O2. The lowest BCUT2D eigenvalue weighted by atomic mass is 10.0. The first-order chi connectivity index (χ1) is 16.9. The van der Waals surface area contributed by atoms with E-state index in [9.17, 15) is 4.79 Å². The van der Waals surface area contributed by atoms with Crippen molar-refractivity contribution in [2.75, 3.05) is 18.8 Å². The van der Waals surface area contributed by atoms with Crippen molar-refractivity contribution in [2.24, 2.45) is 5.10 Å². The van der Waals surface area contributed by atoms with Gasteiger partial charge in [0.25, 0.3) is 5.56 Å². The van der Waals surface area contributed by atoms with Crippen molar-refractivity contribution in [3.8, 4) is 22.6 Å². The summed E-state index contributed by atoms with van der Waals surface area (Å²) in [4.78, 5) is 19.4. The largest absolute Gasteiger partial charge is 0.495 e. The number of methoxy groups -OCH3 is 1. The number of nitrogens with zero attached hydrogens (tertiary/aromatic N) is 8. The molecule has 0 spiro atoms. The van der Waals surface area contributed by atoms with E-state index in [2.05, 4.69) is 20.4 Å². The molecule has 4 heterocycles. The minimum atomic E-state index is -0.215. The molecule has 35 heavy (non-hydrogen) atoms. The van der Waals surface area contributed by atoms with Gasteiger partial charge in [-0.15, -0.1) is 5.10 Å². The number of hydrazone groups is 1. The average Bonchev–Trinajstić information content (AvgIpc) is 3.49. The molecule has 0 saturated carbocycles. The Morgan fingerprint density at radius 3 is 2.69 bits per heavy atom. The lowest BCUT2D eigenvalue weighted by Crippen LogP contribution is -2.33. The zero-order valence-electron chi connectivity index (χ0n) is 18.8. The molecule has 178 valence electrons. The number of benzene rings is 1. The van der Waals surface area contributed by atoms with Gasteiger partial charge in [0, 0.05) is 28.4 Å². The molecule has 1 aliphatic heterocycles. The maximum Gasteiger partial charge on any atom is 0.252 e. The predicted octanol–water partition coefficient (Wildman–Crippen LogP) is 3.80. The number of ether oxygens (including phenoxy) is 1. The summed E-state index contributed by atoms with van der Waals surface area (Å²) in [6.07, 6.45) is 6.68. The first-order valence-electron chi connectivity index (χ1n) is 10.6. The Labute approximate surface area is 210 Å². The van der Waals surface area contributed by atoms with Crippen molar-refractivity contribution in [1.29, 1.82) is 0 Å². The molecule has 0 atom stereocenters. The molecule has 4 aromatic rings. The summed E-state index contributed by atoms with van der Waals surface area (Å²) >= 11 is 12.3. The summed E-state index contributed by atoms with van der Waals surface area (Å²) in [6.45, 7) is 2.70. The number of hydrogen-bond acceptors (Lipinski definition) is 8. The van der Waals surface area contributed by atoms with E-state index in [0.29, 0.717) is 34.3 Å². The van der Waals surface area contributed by atoms with Crippen molar-refractivity contribution in [1.82, 2.24) is 29.4 Å². The maximum atomic E-state index is 13.1. The van der Waals surface area contributed by atoms with Gasteiger partial charge in [-0.2, -0.15) is 5.10 Å². The molecule has 0 fully saturated rings. The third-order valence-electron chi connectivity index (χ3n) is 5.53. The zero-order chi connectivity index (χ0) is 24.5. The number of aromatic nitrogens is 5. The van der Waals surface area contributed by atoms with Crippen LogP contribution in [-0.4, -0.2) is 49.6 Å². The molecule has 0 amide bonds. The minimum Gasteiger partial charge on any atom is -0.495 e. The van der Waals surface area contributed by atoms with Gasteiger partial charge in [0.15, 0.2) is 5.15 Å². The topological polar surface area (TPSA) is 93.7 Å². The number of anilines is 1. The molecule has 0 saturated heterocycles. The fraction of sp³-hybridized carbons (Fsp3) is 0.174. The molecular weight excluding hydrogens is 491 g/mol. The van der Waals surface area contributed by atoms with Crippen LogP contribution in [-0.2, 0) is 6.67 Å². The van der Waals surface area contributed by atoms with Crippen LogP contribution in [0.15, 0.2) is 64.9 Å². The summed E-state index contributed by atoms with van der Waals surface area (Å²) < 4.78 is 8.74. The molecule has 3 aromatic heterocycles. The van der Waals surface area contributed by atoms with E-state index in [1.54, 1.807) is 54.8 Å². The van der Waals surface area contributed by atoms with Gasteiger partial charge in [0.05, 0.1) is 36.6 Å². The second-order valence-electron chi connectivity index (χ2n) is 7.82. The van der Waals surface area contributed by atoms with Crippen molar-refractivity contribution in [2.45, 2.75) is 13.6 Å². The van der Waals surface area contributed by atoms with Gasteiger partial charge in [0.1, 0.15) is 25.4 Å². The molecule has 10 nitrogen and oxygen atoms in total. The predicted molar refractivity (Wildman–Crippen MR) is 134 cm³/mol. The fourth-order valence-electron chi connectivity index (χ4n) is 3.87. The lowest BCUT2D eigenvalue weighted by Gasteiger charge is -2.21. The van der Waals surface area contributed by atoms with E-state index in [0.717, 1.165) is 11.4 Å². The van der Waals surface area contributed by atoms with Gasteiger partial charge in [-0.25, -0.2) is 9.69 Å². The van der Waals surface area contributed by atoms with E-state index in [-0.39, 0.29) is 17.4 Å². The molecule has 1 aromatic carbocycles. The third kappa shape index (κ3) is 4.58. The Morgan fingerprint density at radius 1 is 1.09 bits per heavy atom. The molecule has 0 bridgehead atoms. The van der Waals surface area contributed by atoms with E-state index in [4.69, 9.17) is 27.9 Å². The van der Waals surface area contributed by atoms with Crippen LogP contribution in [0.4, 0.5) is 5.69 Å². The zero-order valence-corrected chi connectivity index (χ0v) is 20.3. The van der Waals surface area contributed by atoms with Crippen LogP contribution in [0, 0.1) is 6.92 Å². The minimum absolute atomic E-state index is 0.215. The number of aryl methyl sites for hydroxylation is 1. The standard InChI is InChI=1S/C23H20Cl2N8O2/c1-15-19(4-3-7-26-15)33-14-30(12-27-33)13-31-10-21(35-2)18(9-23(31)34)17-8-16(24)5-6-20(17)32-11-22(25)28-29-32/h3-12H,13-14H2,1-2H3. The van der Waals surface area contributed by atoms with Gasteiger partial charge < -0.3 is 9.64 Å². The summed E-state index contributed by atoms with van der Waals surface area (Å²) in [6, 6.07) is 10.6. The summed E-state index contributed by atoms with van der Waals surface area (Å²) in [7, 11) is 1.55. The summed E-state index contributed by atoms with van der Waals surface area (Å²) in [5, 5.41) is 14.9. The smallest absolute Gasteiger partial charge is 0.252 e. The summed E-state index contributed by atoms with van der Waals surface area (Å²) in [5.74, 6) is 0.496. The molecule has 12 heteroatoms. The Hall–Kier alpha value is -3.89. The monoisotopic (exact) mass is 510 g/mol. The van der Waals surface area contributed by atoms with Crippen LogP contribution in [0.5, 0.6) is 5.75 Å². The van der Waals surface area contributed by atoms with Gasteiger partial charge in [0.2, 0.25) is 0 Å². The van der Waals surface area contributed by atoms with Crippen LogP contribution in [0.3, 0.4) is 0 Å². The van der Waals surface area contributed by atoms with Gasteiger partial charge in [-0.1, -0.05) is 28.4 Å². The molecule has 5 rings (SSSR count). The Kier molecular flexibility index (Phi) is 6.14. The van der Waals surface area contributed by atoms with E-state index < -0.39 is 0 Å². The molecule has 0 aliphatic carbocycles. The highest BCUT2D eigenvalue weighted by atomic mass is 35.5. The van der Waals surface area contributed by atoms with Crippen LogP contribution >= 0.6 is 23.2 Å². The molecule has 0 N–H and O–H groups in total. The number of halogens is 2. The van der Waals surface area contributed by atoms with E-state index >= 15 is 0 Å². The van der Waals surface area contributed by atoms with Crippen LogP contribution < -0.4 is 15.3 Å².